The standard InChI is InChI=1S/C20H29N3O2/c1-14-7-2-5-11-17(14)23-20(25)21-13-19(24)22-18-12-6-9-15-8-3-4-10-16(15)18/h3-4,8,10,14,17-18H,2,5-7,9,11-13H2,1H3,(H,22,24)(H2,21,23,25)/t14-,17+,18+/m1/s1. The molecule has 3 rings (SSSR count). The Bertz CT molecular complexity index is 617. The second-order valence-electron chi connectivity index (χ2n) is 7.41. The van der Waals surface area contributed by atoms with Gasteiger partial charge in [-0.25, -0.2) is 4.79 Å². The van der Waals surface area contributed by atoms with Crippen molar-refractivity contribution < 1.29 is 9.59 Å². The SMILES string of the molecule is C[C@@H]1CCCC[C@@H]1NC(=O)NCC(=O)N[C@H]1CCCc2ccccc21. The van der Waals surface area contributed by atoms with Crippen LogP contribution in [0.15, 0.2) is 24.3 Å². The summed E-state index contributed by atoms with van der Waals surface area (Å²) in [6.45, 7) is 2.20. The Labute approximate surface area is 150 Å². The Balaban J connectivity index is 1.45. The predicted molar refractivity (Wildman–Crippen MR) is 98.2 cm³/mol. The minimum absolute atomic E-state index is 0.0194. The van der Waals surface area contributed by atoms with Crippen LogP contribution in [0.2, 0.25) is 0 Å². The maximum Gasteiger partial charge on any atom is 0.315 e. The predicted octanol–water partition coefficient (Wildman–Crippen LogP) is 3.06. The van der Waals surface area contributed by atoms with Gasteiger partial charge in [-0.1, -0.05) is 44.0 Å². The molecule has 3 atom stereocenters. The van der Waals surface area contributed by atoms with Crippen LogP contribution in [0.25, 0.3) is 0 Å². The number of fused-ring (bicyclic) bond motifs is 1. The number of carbonyl (C=O) groups is 2. The third-order valence-corrected chi connectivity index (χ3v) is 5.54. The van der Waals surface area contributed by atoms with Crippen molar-refractivity contribution >= 4 is 11.9 Å². The second-order valence-corrected chi connectivity index (χ2v) is 7.41. The highest BCUT2D eigenvalue weighted by molar-refractivity contribution is 5.84. The quantitative estimate of drug-likeness (QED) is 0.786. The number of hydrogen-bond donors (Lipinski definition) is 3. The molecule has 0 spiro atoms. The van der Waals surface area contributed by atoms with E-state index in [9.17, 15) is 9.59 Å². The van der Waals surface area contributed by atoms with E-state index in [1.807, 2.05) is 12.1 Å². The van der Waals surface area contributed by atoms with Gasteiger partial charge in [0.15, 0.2) is 0 Å². The van der Waals surface area contributed by atoms with Crippen molar-refractivity contribution in [1.29, 1.82) is 0 Å². The van der Waals surface area contributed by atoms with Gasteiger partial charge in [-0.2, -0.15) is 0 Å². The Morgan fingerprint density at radius 2 is 1.84 bits per heavy atom. The molecule has 0 bridgehead atoms. The maximum absolute atomic E-state index is 12.2. The van der Waals surface area contributed by atoms with Gasteiger partial charge >= 0.3 is 6.03 Å². The monoisotopic (exact) mass is 343 g/mol. The summed E-state index contributed by atoms with van der Waals surface area (Å²) < 4.78 is 0. The van der Waals surface area contributed by atoms with E-state index < -0.39 is 0 Å². The van der Waals surface area contributed by atoms with Crippen LogP contribution in [-0.2, 0) is 11.2 Å². The Hall–Kier alpha value is -2.04. The Kier molecular flexibility index (Phi) is 5.95. The van der Waals surface area contributed by atoms with Crippen LogP contribution in [-0.4, -0.2) is 24.5 Å². The molecule has 1 aromatic rings. The Morgan fingerprint density at radius 1 is 1.04 bits per heavy atom. The zero-order valence-electron chi connectivity index (χ0n) is 15.0. The molecule has 3 amide bonds. The van der Waals surface area contributed by atoms with Gasteiger partial charge in [0.1, 0.15) is 0 Å². The van der Waals surface area contributed by atoms with Gasteiger partial charge in [-0.05, 0) is 49.1 Å². The number of nitrogens with one attached hydrogen (secondary N) is 3. The van der Waals surface area contributed by atoms with E-state index in [2.05, 4.69) is 35.0 Å². The number of hydrogen-bond acceptors (Lipinski definition) is 2. The number of urea groups is 1. The molecule has 2 aliphatic rings. The van der Waals surface area contributed by atoms with Crippen LogP contribution in [0, 0.1) is 5.92 Å². The highest BCUT2D eigenvalue weighted by Gasteiger charge is 2.24. The van der Waals surface area contributed by atoms with Crippen molar-refractivity contribution in [2.75, 3.05) is 6.54 Å². The number of aryl methyl sites for hydroxylation is 1. The van der Waals surface area contributed by atoms with Gasteiger partial charge in [-0.3, -0.25) is 4.79 Å². The molecule has 1 saturated carbocycles. The lowest BCUT2D eigenvalue weighted by molar-refractivity contribution is -0.120. The summed E-state index contributed by atoms with van der Waals surface area (Å²) in [6.07, 6.45) is 7.70. The molecule has 3 N–H and O–H groups in total. The van der Waals surface area contributed by atoms with Gasteiger partial charge in [0.25, 0.3) is 0 Å². The van der Waals surface area contributed by atoms with Crippen LogP contribution < -0.4 is 16.0 Å². The van der Waals surface area contributed by atoms with E-state index in [0.717, 1.165) is 38.5 Å². The molecule has 1 aromatic carbocycles. The number of carbonyl (C=O) groups excluding carboxylic acids is 2. The maximum atomic E-state index is 12.2. The normalized spacial score (nSPS) is 25.6. The number of amides is 3. The summed E-state index contributed by atoms with van der Waals surface area (Å²) in [5, 5.41) is 8.78. The largest absolute Gasteiger partial charge is 0.348 e. The molecule has 5 nitrogen and oxygen atoms in total. The summed E-state index contributed by atoms with van der Waals surface area (Å²) in [7, 11) is 0. The van der Waals surface area contributed by atoms with Crippen LogP contribution in [0.1, 0.15) is 62.6 Å². The van der Waals surface area contributed by atoms with Crippen LogP contribution in [0.5, 0.6) is 0 Å². The third kappa shape index (κ3) is 4.74. The first-order valence-electron chi connectivity index (χ1n) is 9.55. The fourth-order valence-corrected chi connectivity index (χ4v) is 4.06. The van der Waals surface area contributed by atoms with Crippen LogP contribution in [0.4, 0.5) is 4.79 Å². The molecule has 0 radical (unpaired) electrons. The number of rotatable bonds is 4. The highest BCUT2D eigenvalue weighted by atomic mass is 16.2. The zero-order chi connectivity index (χ0) is 17.6. The van der Waals surface area contributed by atoms with E-state index in [1.165, 1.54) is 17.5 Å². The lowest BCUT2D eigenvalue weighted by atomic mass is 9.86. The molecule has 136 valence electrons. The summed E-state index contributed by atoms with van der Waals surface area (Å²) in [5.74, 6) is 0.376. The van der Waals surface area contributed by atoms with E-state index in [4.69, 9.17) is 0 Å². The van der Waals surface area contributed by atoms with E-state index in [0.29, 0.717) is 5.92 Å². The molecular weight excluding hydrogens is 314 g/mol. The molecule has 1 fully saturated rings. The fourth-order valence-electron chi connectivity index (χ4n) is 4.06. The van der Waals surface area contributed by atoms with Crippen molar-refractivity contribution in [2.45, 2.75) is 64.0 Å². The van der Waals surface area contributed by atoms with Gasteiger partial charge in [0.05, 0.1) is 12.6 Å². The molecule has 0 aromatic heterocycles. The molecule has 0 aliphatic heterocycles. The van der Waals surface area contributed by atoms with Crippen LogP contribution >= 0.6 is 0 Å². The van der Waals surface area contributed by atoms with Gasteiger partial charge in [0, 0.05) is 6.04 Å². The minimum atomic E-state index is -0.238. The van der Waals surface area contributed by atoms with E-state index >= 15 is 0 Å². The van der Waals surface area contributed by atoms with Gasteiger partial charge in [0.2, 0.25) is 5.91 Å². The van der Waals surface area contributed by atoms with Gasteiger partial charge in [-0.15, -0.1) is 0 Å². The van der Waals surface area contributed by atoms with Crippen molar-refractivity contribution in [3.8, 4) is 0 Å². The molecule has 25 heavy (non-hydrogen) atoms. The summed E-state index contributed by atoms with van der Waals surface area (Å²) in [5.41, 5.74) is 2.53. The van der Waals surface area contributed by atoms with E-state index in [-0.39, 0.29) is 30.6 Å². The summed E-state index contributed by atoms with van der Waals surface area (Å²) >= 11 is 0. The Morgan fingerprint density at radius 3 is 2.68 bits per heavy atom. The summed E-state index contributed by atoms with van der Waals surface area (Å²) in [6, 6.07) is 8.32. The first-order chi connectivity index (χ1) is 12.1. The smallest absolute Gasteiger partial charge is 0.315 e. The lowest BCUT2D eigenvalue weighted by Gasteiger charge is -2.29. The molecule has 0 heterocycles. The highest BCUT2D eigenvalue weighted by Crippen LogP contribution is 2.29. The van der Waals surface area contributed by atoms with Crippen molar-refractivity contribution in [1.82, 2.24) is 16.0 Å². The third-order valence-electron chi connectivity index (χ3n) is 5.54. The molecule has 5 heteroatoms. The van der Waals surface area contributed by atoms with Crippen molar-refractivity contribution in [2.24, 2.45) is 5.92 Å². The number of benzene rings is 1. The molecular formula is C20H29N3O2. The lowest BCUT2D eigenvalue weighted by Crippen LogP contribution is -2.48. The average Bonchev–Trinajstić information content (AvgIpc) is 2.62. The minimum Gasteiger partial charge on any atom is -0.348 e. The first-order valence-corrected chi connectivity index (χ1v) is 9.55. The topological polar surface area (TPSA) is 70.2 Å². The average molecular weight is 343 g/mol. The summed E-state index contributed by atoms with van der Waals surface area (Å²) in [4.78, 5) is 24.3. The fraction of sp³-hybridized carbons (Fsp3) is 0.600. The molecule has 0 unspecified atom stereocenters. The zero-order valence-corrected chi connectivity index (χ0v) is 15.0. The first kappa shape index (κ1) is 17.8. The van der Waals surface area contributed by atoms with Gasteiger partial charge < -0.3 is 16.0 Å². The van der Waals surface area contributed by atoms with Crippen LogP contribution in [0.3, 0.4) is 0 Å². The second kappa shape index (κ2) is 8.37. The van der Waals surface area contributed by atoms with E-state index in [1.54, 1.807) is 0 Å². The van der Waals surface area contributed by atoms with Crippen molar-refractivity contribution in [3.05, 3.63) is 35.4 Å². The molecule has 0 saturated heterocycles. The molecule has 2 aliphatic carbocycles. The van der Waals surface area contributed by atoms with Crippen molar-refractivity contribution in [3.63, 3.8) is 0 Å².